The number of rotatable bonds is 4. The summed E-state index contributed by atoms with van der Waals surface area (Å²) in [4.78, 5) is 22.9. The van der Waals surface area contributed by atoms with Gasteiger partial charge in [0, 0.05) is 23.8 Å². The van der Waals surface area contributed by atoms with Crippen molar-refractivity contribution in [3.63, 3.8) is 0 Å². The summed E-state index contributed by atoms with van der Waals surface area (Å²) in [5, 5.41) is 12.5. The molecule has 0 atom stereocenters. The normalized spacial score (nSPS) is 21.0. The zero-order chi connectivity index (χ0) is 18.8. The maximum absolute atomic E-state index is 11.5. The number of hydrogen-bond donors (Lipinski definition) is 2. The summed E-state index contributed by atoms with van der Waals surface area (Å²) in [6, 6.07) is 0. The molecule has 0 aliphatic heterocycles. The summed E-state index contributed by atoms with van der Waals surface area (Å²) in [6.07, 6.45) is 5.98. The van der Waals surface area contributed by atoms with Crippen LogP contribution >= 0.6 is 0 Å². The maximum atomic E-state index is 11.5. The van der Waals surface area contributed by atoms with Gasteiger partial charge in [-0.3, -0.25) is 9.59 Å². The molecule has 4 nitrogen and oxygen atoms in total. The van der Waals surface area contributed by atoms with Crippen LogP contribution in [0.2, 0.25) is 0 Å². The minimum atomic E-state index is -0.610. The van der Waals surface area contributed by atoms with E-state index in [1.54, 1.807) is 0 Å². The molecule has 0 aromatic heterocycles. The molecule has 1 amide bonds. The van der Waals surface area contributed by atoms with Gasteiger partial charge in [0.1, 0.15) is 5.78 Å². The molecular weight excluding hydrogens is 302 g/mol. The van der Waals surface area contributed by atoms with Crippen LogP contribution in [0.4, 0.5) is 0 Å². The Kier molecular flexibility index (Phi) is 6.30. The third kappa shape index (κ3) is 6.92. The van der Waals surface area contributed by atoms with E-state index in [4.69, 9.17) is 0 Å². The molecule has 0 aromatic rings. The van der Waals surface area contributed by atoms with Crippen LogP contribution in [0.5, 0.6) is 0 Å². The Morgan fingerprint density at radius 3 is 1.75 bits per heavy atom. The van der Waals surface area contributed by atoms with Crippen molar-refractivity contribution in [1.29, 1.82) is 0 Å². The highest BCUT2D eigenvalue weighted by Gasteiger charge is 2.41. The van der Waals surface area contributed by atoms with Gasteiger partial charge >= 0.3 is 0 Å². The molecule has 0 bridgehead atoms. The predicted octanol–water partition coefficient (Wildman–Crippen LogP) is 3.86. The van der Waals surface area contributed by atoms with Crippen molar-refractivity contribution in [3.05, 3.63) is 0 Å². The largest absolute Gasteiger partial charge is 0.388 e. The van der Waals surface area contributed by atoms with Crippen molar-refractivity contribution in [2.75, 3.05) is 6.54 Å². The van der Waals surface area contributed by atoms with E-state index in [0.717, 1.165) is 25.7 Å². The molecule has 2 aliphatic rings. The lowest BCUT2D eigenvalue weighted by atomic mass is 9.80. The first-order valence-electron chi connectivity index (χ1n) is 9.21. The van der Waals surface area contributed by atoms with Crippen molar-refractivity contribution in [3.8, 4) is 0 Å². The number of carbonyl (C=O) groups is 2. The van der Waals surface area contributed by atoms with E-state index in [0.29, 0.717) is 17.7 Å². The SMILES string of the molecule is CC(C)(C)C(=O)NCC1(O)CCC1.CC1(CC(=O)C(C)(C)C)CC1. The van der Waals surface area contributed by atoms with Gasteiger partial charge in [0.25, 0.3) is 0 Å². The molecule has 2 N–H and O–H groups in total. The standard InChI is InChI=1S/C10H19NO2.C10H18O/c1-9(2,3)8(12)11-7-10(13)5-4-6-10;1-9(2,3)8(11)7-10(4)5-6-10/h13H,4-7H2,1-3H3,(H,11,12);5-7H2,1-4H3. The van der Waals surface area contributed by atoms with Gasteiger partial charge in [-0.05, 0) is 37.5 Å². The first kappa shape index (κ1) is 21.1. The molecule has 4 heteroatoms. The summed E-state index contributed by atoms with van der Waals surface area (Å²) in [6.45, 7) is 14.2. The zero-order valence-electron chi connectivity index (χ0n) is 16.7. The fourth-order valence-corrected chi connectivity index (χ4v) is 2.31. The van der Waals surface area contributed by atoms with E-state index in [1.165, 1.54) is 12.8 Å². The quantitative estimate of drug-likeness (QED) is 0.817. The van der Waals surface area contributed by atoms with Crippen LogP contribution in [-0.2, 0) is 9.59 Å². The molecule has 2 rings (SSSR count). The van der Waals surface area contributed by atoms with E-state index in [9.17, 15) is 14.7 Å². The van der Waals surface area contributed by atoms with Crippen molar-refractivity contribution in [1.82, 2.24) is 5.32 Å². The van der Waals surface area contributed by atoms with Crippen LogP contribution < -0.4 is 5.32 Å². The van der Waals surface area contributed by atoms with Gasteiger partial charge in [0.2, 0.25) is 5.91 Å². The van der Waals surface area contributed by atoms with Crippen LogP contribution in [0.15, 0.2) is 0 Å². The summed E-state index contributed by atoms with van der Waals surface area (Å²) < 4.78 is 0. The molecule has 140 valence electrons. The molecule has 0 unspecified atom stereocenters. The first-order chi connectivity index (χ1) is 10.7. The average molecular weight is 340 g/mol. The van der Waals surface area contributed by atoms with E-state index in [1.807, 2.05) is 41.5 Å². The Balaban J connectivity index is 0.000000243. The molecular formula is C20H37NO3. The third-order valence-corrected chi connectivity index (χ3v) is 5.07. The summed E-state index contributed by atoms with van der Waals surface area (Å²) >= 11 is 0. The van der Waals surface area contributed by atoms with E-state index >= 15 is 0 Å². The van der Waals surface area contributed by atoms with Crippen molar-refractivity contribution in [2.45, 2.75) is 92.6 Å². The highest BCUT2D eigenvalue weighted by atomic mass is 16.3. The number of carbonyl (C=O) groups excluding carboxylic acids is 2. The number of aliphatic hydroxyl groups is 1. The van der Waals surface area contributed by atoms with Gasteiger partial charge in [-0.15, -0.1) is 0 Å². The first-order valence-corrected chi connectivity index (χ1v) is 9.21. The number of amides is 1. The van der Waals surface area contributed by atoms with Gasteiger partial charge in [-0.1, -0.05) is 48.5 Å². The van der Waals surface area contributed by atoms with Crippen molar-refractivity contribution < 1.29 is 14.7 Å². The fraction of sp³-hybridized carbons (Fsp3) is 0.900. The van der Waals surface area contributed by atoms with Crippen molar-refractivity contribution >= 4 is 11.7 Å². The second-order valence-corrected chi connectivity index (χ2v) is 10.2. The summed E-state index contributed by atoms with van der Waals surface area (Å²) in [5.41, 5.74) is -0.725. The predicted molar refractivity (Wildman–Crippen MR) is 97.7 cm³/mol. The smallest absolute Gasteiger partial charge is 0.225 e. The lowest BCUT2D eigenvalue weighted by molar-refractivity contribution is -0.131. The lowest BCUT2D eigenvalue weighted by Crippen LogP contribution is -2.49. The van der Waals surface area contributed by atoms with Gasteiger partial charge < -0.3 is 10.4 Å². The minimum Gasteiger partial charge on any atom is -0.388 e. The maximum Gasteiger partial charge on any atom is 0.225 e. The fourth-order valence-electron chi connectivity index (χ4n) is 2.31. The molecule has 0 radical (unpaired) electrons. The average Bonchev–Trinajstić information content (AvgIpc) is 3.09. The van der Waals surface area contributed by atoms with Crippen LogP contribution in [0.3, 0.4) is 0 Å². The minimum absolute atomic E-state index is 0.00725. The molecule has 0 aromatic carbocycles. The Bertz CT molecular complexity index is 460. The topological polar surface area (TPSA) is 66.4 Å². The van der Waals surface area contributed by atoms with Gasteiger partial charge in [-0.25, -0.2) is 0 Å². The van der Waals surface area contributed by atoms with Crippen molar-refractivity contribution in [2.24, 2.45) is 16.2 Å². The van der Waals surface area contributed by atoms with Crippen LogP contribution in [0.1, 0.15) is 87.0 Å². The summed E-state index contributed by atoms with van der Waals surface area (Å²) in [7, 11) is 0. The molecule has 0 spiro atoms. The summed E-state index contributed by atoms with van der Waals surface area (Å²) in [5.74, 6) is 0.422. The van der Waals surface area contributed by atoms with Crippen LogP contribution in [0, 0.1) is 16.2 Å². The van der Waals surface area contributed by atoms with Crippen LogP contribution in [-0.4, -0.2) is 28.9 Å². The van der Waals surface area contributed by atoms with Gasteiger partial charge in [0.05, 0.1) is 5.60 Å². The molecule has 0 heterocycles. The molecule has 2 fully saturated rings. The highest BCUT2D eigenvalue weighted by Crippen LogP contribution is 2.49. The highest BCUT2D eigenvalue weighted by molar-refractivity contribution is 5.84. The Morgan fingerprint density at radius 1 is 0.958 bits per heavy atom. The lowest BCUT2D eigenvalue weighted by Gasteiger charge is -2.37. The number of hydrogen-bond acceptors (Lipinski definition) is 3. The molecule has 0 saturated heterocycles. The van der Waals surface area contributed by atoms with E-state index in [-0.39, 0.29) is 16.7 Å². The molecule has 24 heavy (non-hydrogen) atoms. The third-order valence-electron chi connectivity index (χ3n) is 5.07. The monoisotopic (exact) mass is 339 g/mol. The number of nitrogens with one attached hydrogen (secondary N) is 1. The second kappa shape index (κ2) is 7.15. The van der Waals surface area contributed by atoms with Gasteiger partial charge in [0.15, 0.2) is 0 Å². The van der Waals surface area contributed by atoms with E-state index in [2.05, 4.69) is 12.2 Å². The number of ketones is 1. The number of Topliss-reactive ketones (excluding diaryl/α,β-unsaturated/α-hetero) is 1. The van der Waals surface area contributed by atoms with Crippen LogP contribution in [0.25, 0.3) is 0 Å². The molecule has 2 saturated carbocycles. The Hall–Kier alpha value is -0.900. The Morgan fingerprint density at radius 2 is 1.46 bits per heavy atom. The second-order valence-electron chi connectivity index (χ2n) is 10.2. The van der Waals surface area contributed by atoms with Gasteiger partial charge in [-0.2, -0.15) is 0 Å². The van der Waals surface area contributed by atoms with E-state index < -0.39 is 5.60 Å². The Labute approximate surface area is 147 Å². The zero-order valence-corrected chi connectivity index (χ0v) is 16.7. The molecule has 2 aliphatic carbocycles.